The van der Waals surface area contributed by atoms with E-state index in [1.54, 1.807) is 13.8 Å². The largest absolute Gasteiger partial charge is 0.481 e. The lowest BCUT2D eigenvalue weighted by molar-refractivity contribution is -0.147. The van der Waals surface area contributed by atoms with Crippen LogP contribution in [0.5, 0.6) is 0 Å². The highest BCUT2D eigenvalue weighted by Crippen LogP contribution is 2.19. The van der Waals surface area contributed by atoms with Gasteiger partial charge in [-0.3, -0.25) is 4.79 Å². The van der Waals surface area contributed by atoms with E-state index in [0.717, 1.165) is 19.6 Å². The van der Waals surface area contributed by atoms with E-state index in [4.69, 9.17) is 5.11 Å². The molecule has 94 valence electrons. The summed E-state index contributed by atoms with van der Waals surface area (Å²) in [5, 5.41) is 12.4. The molecule has 4 nitrogen and oxygen atoms in total. The molecule has 0 aromatic heterocycles. The Labute approximate surface area is 98.0 Å². The van der Waals surface area contributed by atoms with Crippen LogP contribution < -0.4 is 5.32 Å². The van der Waals surface area contributed by atoms with Gasteiger partial charge in [-0.05, 0) is 59.8 Å². The molecule has 1 aliphatic rings. The van der Waals surface area contributed by atoms with E-state index in [0.29, 0.717) is 12.5 Å². The van der Waals surface area contributed by atoms with Crippen LogP contribution in [0, 0.1) is 5.41 Å². The van der Waals surface area contributed by atoms with Gasteiger partial charge < -0.3 is 15.3 Å². The van der Waals surface area contributed by atoms with Gasteiger partial charge in [-0.1, -0.05) is 0 Å². The average Bonchev–Trinajstić information content (AvgIpc) is 2.20. The van der Waals surface area contributed by atoms with Crippen molar-refractivity contribution in [3.63, 3.8) is 0 Å². The molecule has 4 heteroatoms. The van der Waals surface area contributed by atoms with E-state index in [9.17, 15) is 4.79 Å². The number of likely N-dealkylation sites (tertiary alicyclic amines) is 1. The molecule has 0 saturated carbocycles. The Hall–Kier alpha value is -0.610. The zero-order valence-electron chi connectivity index (χ0n) is 10.6. The molecular formula is C12H24N2O2. The number of aliphatic carboxylic acids is 1. The molecule has 0 aromatic rings. The topological polar surface area (TPSA) is 52.6 Å². The minimum atomic E-state index is -0.710. The lowest BCUT2D eigenvalue weighted by atomic mass is 9.89. The van der Waals surface area contributed by atoms with E-state index in [1.165, 1.54) is 12.8 Å². The third kappa shape index (κ3) is 4.10. The van der Waals surface area contributed by atoms with Crippen molar-refractivity contribution in [1.29, 1.82) is 0 Å². The second kappa shape index (κ2) is 5.64. The SMILES string of the molecule is CN1CCC(NCCC(C)(C)C(=O)O)CC1. The first-order chi connectivity index (χ1) is 7.42. The summed E-state index contributed by atoms with van der Waals surface area (Å²) in [7, 11) is 2.14. The number of rotatable bonds is 5. The highest BCUT2D eigenvalue weighted by molar-refractivity contribution is 5.73. The first kappa shape index (κ1) is 13.5. The van der Waals surface area contributed by atoms with Gasteiger partial charge in [0.15, 0.2) is 0 Å². The van der Waals surface area contributed by atoms with Crippen molar-refractivity contribution >= 4 is 5.97 Å². The standard InChI is InChI=1S/C12H24N2O2/c1-12(2,11(15)16)6-7-13-10-4-8-14(3)9-5-10/h10,13H,4-9H2,1-3H3,(H,15,16). The maximum atomic E-state index is 10.9. The number of carboxylic acid groups (broad SMARTS) is 1. The number of hydrogen-bond acceptors (Lipinski definition) is 3. The van der Waals surface area contributed by atoms with Crippen LogP contribution in [0.15, 0.2) is 0 Å². The molecule has 2 N–H and O–H groups in total. The van der Waals surface area contributed by atoms with Crippen LogP contribution >= 0.6 is 0 Å². The van der Waals surface area contributed by atoms with Gasteiger partial charge in [0.2, 0.25) is 0 Å². The van der Waals surface area contributed by atoms with Crippen molar-refractivity contribution in [2.75, 3.05) is 26.7 Å². The van der Waals surface area contributed by atoms with Crippen molar-refractivity contribution in [3.8, 4) is 0 Å². The number of piperidine rings is 1. The fourth-order valence-electron chi connectivity index (χ4n) is 1.91. The van der Waals surface area contributed by atoms with Gasteiger partial charge in [-0.15, -0.1) is 0 Å². The molecule has 0 radical (unpaired) electrons. The maximum absolute atomic E-state index is 10.9. The smallest absolute Gasteiger partial charge is 0.309 e. The van der Waals surface area contributed by atoms with Gasteiger partial charge >= 0.3 is 5.97 Å². The lowest BCUT2D eigenvalue weighted by Gasteiger charge is -2.30. The van der Waals surface area contributed by atoms with Gasteiger partial charge in [0, 0.05) is 6.04 Å². The lowest BCUT2D eigenvalue weighted by Crippen LogP contribution is -2.42. The summed E-state index contributed by atoms with van der Waals surface area (Å²) in [6.07, 6.45) is 3.03. The maximum Gasteiger partial charge on any atom is 0.309 e. The Morgan fingerprint density at radius 1 is 1.44 bits per heavy atom. The predicted octanol–water partition coefficient (Wildman–Crippen LogP) is 1.17. The molecule has 0 unspecified atom stereocenters. The second-order valence-corrected chi connectivity index (χ2v) is 5.47. The number of carboxylic acids is 1. The van der Waals surface area contributed by atoms with Crippen LogP contribution in [0.2, 0.25) is 0 Å². The van der Waals surface area contributed by atoms with Crippen LogP contribution in [0.25, 0.3) is 0 Å². The Bertz CT molecular complexity index is 233. The summed E-state index contributed by atoms with van der Waals surface area (Å²) < 4.78 is 0. The van der Waals surface area contributed by atoms with Gasteiger partial charge in [-0.25, -0.2) is 0 Å². The summed E-state index contributed by atoms with van der Waals surface area (Å²) >= 11 is 0. The minimum Gasteiger partial charge on any atom is -0.481 e. The minimum absolute atomic E-state index is 0.570. The second-order valence-electron chi connectivity index (χ2n) is 5.47. The van der Waals surface area contributed by atoms with E-state index in [1.807, 2.05) is 0 Å². The molecule has 0 bridgehead atoms. The quantitative estimate of drug-likeness (QED) is 0.741. The molecule has 0 spiro atoms. The zero-order valence-corrected chi connectivity index (χ0v) is 10.6. The van der Waals surface area contributed by atoms with Crippen molar-refractivity contribution in [1.82, 2.24) is 10.2 Å². The third-order valence-corrected chi connectivity index (χ3v) is 3.48. The van der Waals surface area contributed by atoms with Crippen LogP contribution in [0.4, 0.5) is 0 Å². The van der Waals surface area contributed by atoms with Crippen LogP contribution in [-0.2, 0) is 4.79 Å². The molecular weight excluding hydrogens is 204 g/mol. The Morgan fingerprint density at radius 3 is 2.50 bits per heavy atom. The van der Waals surface area contributed by atoms with Gasteiger partial charge in [0.05, 0.1) is 5.41 Å². The van der Waals surface area contributed by atoms with E-state index in [2.05, 4.69) is 17.3 Å². The van der Waals surface area contributed by atoms with Crippen molar-refractivity contribution in [2.24, 2.45) is 5.41 Å². The van der Waals surface area contributed by atoms with Crippen molar-refractivity contribution in [2.45, 2.75) is 39.2 Å². The monoisotopic (exact) mass is 228 g/mol. The first-order valence-electron chi connectivity index (χ1n) is 6.07. The van der Waals surface area contributed by atoms with Gasteiger partial charge in [-0.2, -0.15) is 0 Å². The normalized spacial score (nSPS) is 19.9. The number of hydrogen-bond donors (Lipinski definition) is 2. The molecule has 1 saturated heterocycles. The Kier molecular flexibility index (Phi) is 4.74. The first-order valence-corrected chi connectivity index (χ1v) is 6.07. The van der Waals surface area contributed by atoms with Gasteiger partial charge in [0.1, 0.15) is 0 Å². The molecule has 0 aliphatic carbocycles. The molecule has 1 heterocycles. The van der Waals surface area contributed by atoms with E-state index < -0.39 is 11.4 Å². The number of nitrogens with one attached hydrogen (secondary N) is 1. The third-order valence-electron chi connectivity index (χ3n) is 3.48. The Balaban J connectivity index is 2.18. The summed E-state index contributed by atoms with van der Waals surface area (Å²) in [4.78, 5) is 13.2. The number of carbonyl (C=O) groups is 1. The average molecular weight is 228 g/mol. The van der Waals surface area contributed by atoms with Gasteiger partial charge in [0.25, 0.3) is 0 Å². The predicted molar refractivity (Wildman–Crippen MR) is 64.6 cm³/mol. The highest BCUT2D eigenvalue weighted by Gasteiger charge is 2.26. The molecule has 0 aromatic carbocycles. The number of nitrogens with zero attached hydrogens (tertiary/aromatic N) is 1. The van der Waals surface area contributed by atoms with Crippen LogP contribution in [0.1, 0.15) is 33.1 Å². The van der Waals surface area contributed by atoms with Crippen molar-refractivity contribution < 1.29 is 9.90 Å². The van der Waals surface area contributed by atoms with Crippen LogP contribution in [0.3, 0.4) is 0 Å². The van der Waals surface area contributed by atoms with E-state index in [-0.39, 0.29) is 0 Å². The molecule has 1 rings (SSSR count). The zero-order chi connectivity index (χ0) is 12.2. The molecule has 0 atom stereocenters. The molecule has 1 fully saturated rings. The molecule has 0 amide bonds. The fraction of sp³-hybridized carbons (Fsp3) is 0.917. The van der Waals surface area contributed by atoms with Crippen LogP contribution in [-0.4, -0.2) is 48.7 Å². The molecule has 16 heavy (non-hydrogen) atoms. The summed E-state index contributed by atoms with van der Waals surface area (Å²) in [6, 6.07) is 0.570. The summed E-state index contributed by atoms with van der Waals surface area (Å²) in [5.74, 6) is -0.710. The summed E-state index contributed by atoms with van der Waals surface area (Å²) in [6.45, 7) is 6.64. The Morgan fingerprint density at radius 2 is 2.00 bits per heavy atom. The highest BCUT2D eigenvalue weighted by atomic mass is 16.4. The molecule has 1 aliphatic heterocycles. The summed E-state index contributed by atoms with van der Waals surface area (Å²) in [5.41, 5.74) is -0.613. The van der Waals surface area contributed by atoms with E-state index >= 15 is 0 Å². The fourth-order valence-corrected chi connectivity index (χ4v) is 1.91. The van der Waals surface area contributed by atoms with Crippen molar-refractivity contribution in [3.05, 3.63) is 0 Å².